The molecule has 1 heterocycles. The maximum Gasteiger partial charge on any atom is 0.239 e. The second-order valence-corrected chi connectivity index (χ2v) is 17.2. The summed E-state index contributed by atoms with van der Waals surface area (Å²) in [5, 5.41) is 24.6. The van der Waals surface area contributed by atoms with Crippen LogP contribution < -0.4 is 9.47 Å². The van der Waals surface area contributed by atoms with Crippen molar-refractivity contribution in [3.05, 3.63) is 60.7 Å². The lowest BCUT2D eigenvalue weighted by molar-refractivity contribution is -0.255. The van der Waals surface area contributed by atoms with Crippen molar-refractivity contribution < 1.29 is 34.1 Å². The van der Waals surface area contributed by atoms with Gasteiger partial charge in [-0.25, -0.2) is 0 Å². The van der Waals surface area contributed by atoms with Crippen LogP contribution in [0.2, 0.25) is 0 Å². The molecule has 1 aliphatic heterocycles. The molecule has 1 amide bonds. The van der Waals surface area contributed by atoms with Gasteiger partial charge in [-0.15, -0.1) is 6.58 Å². The molecule has 1 aromatic carbocycles. The summed E-state index contributed by atoms with van der Waals surface area (Å²) in [6.45, 7) is 17.0. The van der Waals surface area contributed by atoms with E-state index >= 15 is 0 Å². The first-order chi connectivity index (χ1) is 27.0. The summed E-state index contributed by atoms with van der Waals surface area (Å²) in [7, 11) is 1.90. The third-order valence-corrected chi connectivity index (χ3v) is 11.8. The molecule has 1 fully saturated rings. The fraction of sp³-hybridized carbons (Fsp3) is 0.702. The Kier molecular flexibility index (Phi) is 18.5. The van der Waals surface area contributed by atoms with E-state index in [2.05, 4.69) is 32.2 Å². The van der Waals surface area contributed by atoms with E-state index in [0.717, 1.165) is 79.7 Å². The Balaban J connectivity index is 1.83. The second-order valence-electron chi connectivity index (χ2n) is 17.2. The molecule has 9 nitrogen and oxygen atoms in total. The zero-order valence-electron chi connectivity index (χ0n) is 35.4. The normalized spacial score (nSPS) is 24.7. The monoisotopic (exact) mass is 779 g/mol. The number of hydrogen-bond acceptors (Lipinski definition) is 8. The zero-order chi connectivity index (χ0) is 40.6. The number of unbranched alkanes of at least 4 members (excludes halogenated alkanes) is 10. The summed E-state index contributed by atoms with van der Waals surface area (Å²) in [4.78, 5) is 22.4. The van der Waals surface area contributed by atoms with Crippen molar-refractivity contribution in [1.82, 2.24) is 4.90 Å². The van der Waals surface area contributed by atoms with Crippen LogP contribution in [0.5, 0.6) is 11.5 Å². The van der Waals surface area contributed by atoms with Crippen LogP contribution in [0, 0.1) is 17.8 Å². The number of amides is 1. The number of hydrogen-bond donors (Lipinski definition) is 2. The molecular formula is C47H74N2O7. The van der Waals surface area contributed by atoms with Crippen molar-refractivity contribution in [2.75, 3.05) is 33.5 Å². The number of aliphatic hydroxyl groups is 2. The van der Waals surface area contributed by atoms with Gasteiger partial charge in [0.1, 0.15) is 29.7 Å². The fourth-order valence-electron chi connectivity index (χ4n) is 9.10. The number of rotatable bonds is 26. The Morgan fingerprint density at radius 3 is 2.25 bits per heavy atom. The summed E-state index contributed by atoms with van der Waals surface area (Å²) >= 11 is 0. The maximum absolute atomic E-state index is 14.3. The predicted octanol–water partition coefficient (Wildman–Crippen LogP) is 10.1. The van der Waals surface area contributed by atoms with E-state index < -0.39 is 17.4 Å². The van der Waals surface area contributed by atoms with Gasteiger partial charge in [-0.05, 0) is 88.5 Å². The molecule has 6 atom stereocenters. The first-order valence-corrected chi connectivity index (χ1v) is 21.8. The van der Waals surface area contributed by atoms with Gasteiger partial charge < -0.3 is 34.2 Å². The van der Waals surface area contributed by atoms with Crippen molar-refractivity contribution >= 4 is 11.6 Å². The summed E-state index contributed by atoms with van der Waals surface area (Å²) in [5.41, 5.74) is 2.37. The highest BCUT2D eigenvalue weighted by molar-refractivity contribution is 6.03. The highest BCUT2D eigenvalue weighted by Gasteiger charge is 2.65. The van der Waals surface area contributed by atoms with Crippen molar-refractivity contribution in [1.29, 1.82) is 0 Å². The number of benzene rings is 1. The minimum absolute atomic E-state index is 0.0688. The Morgan fingerprint density at radius 1 is 0.946 bits per heavy atom. The molecule has 0 spiro atoms. The number of fused-ring (bicyclic) bond motifs is 2. The molecule has 2 aliphatic carbocycles. The topological polar surface area (TPSA) is 110 Å². The van der Waals surface area contributed by atoms with E-state index in [1.54, 1.807) is 12.2 Å². The molecule has 56 heavy (non-hydrogen) atoms. The molecule has 0 aromatic heterocycles. The Bertz CT molecular complexity index is 1450. The lowest BCUT2D eigenvalue weighted by Gasteiger charge is -2.59. The number of carbonyl (C=O) groups is 1. The fourth-order valence-corrected chi connectivity index (χ4v) is 9.10. The molecule has 0 bridgehead atoms. The van der Waals surface area contributed by atoms with Gasteiger partial charge in [-0.2, -0.15) is 0 Å². The smallest absolute Gasteiger partial charge is 0.239 e. The lowest BCUT2D eigenvalue weighted by atomic mass is 9.55. The van der Waals surface area contributed by atoms with E-state index in [0.29, 0.717) is 25.9 Å². The maximum atomic E-state index is 14.3. The van der Waals surface area contributed by atoms with Crippen molar-refractivity contribution in [3.63, 3.8) is 0 Å². The number of likely N-dealkylation sites (N-methyl/N-ethyl adjacent to an activating group) is 1. The number of nitrogens with zero attached hydrogens (tertiary/aromatic N) is 2. The largest absolute Gasteiger partial charge is 0.490 e. The van der Waals surface area contributed by atoms with Crippen LogP contribution in [0.25, 0.3) is 0 Å². The van der Waals surface area contributed by atoms with E-state index in [4.69, 9.17) is 24.2 Å². The van der Waals surface area contributed by atoms with Crippen LogP contribution in [-0.4, -0.2) is 77.6 Å². The van der Waals surface area contributed by atoms with E-state index in [1.165, 1.54) is 38.5 Å². The van der Waals surface area contributed by atoms with Crippen LogP contribution in [0.3, 0.4) is 0 Å². The van der Waals surface area contributed by atoms with E-state index in [1.807, 2.05) is 44.9 Å². The molecule has 4 rings (SSSR count). The molecular weight excluding hydrogens is 705 g/mol. The number of carbonyl (C=O) groups excluding carboxylic acids is 1. The molecule has 0 unspecified atom stereocenters. The highest BCUT2D eigenvalue weighted by Crippen LogP contribution is 2.61. The summed E-state index contributed by atoms with van der Waals surface area (Å²) in [6, 6.07) is 5.52. The van der Waals surface area contributed by atoms with Gasteiger partial charge in [-0.1, -0.05) is 101 Å². The molecule has 2 N–H and O–H groups in total. The standard InChI is InChI=1S/C47H74N2O7/c1-8-11-12-13-14-15-16-17-18-25-43(52)49(7)42-34-40(48-56-46(4,5)6)38-32-35(23-19-21-28-50)37(24-20-22-29-51)44-39-33-36(53-30-9-2)26-27-41(39)55-47(42,45(38)44)54-31-10-3/h9-10,26-27,32-33,35,37,42,44-45,50-51H,2-3,8,11-25,28-31,34H2,1,4-7H3/t35-,37+,42-,44+,45+,47+/m0/s1. The predicted molar refractivity (Wildman–Crippen MR) is 226 cm³/mol. The summed E-state index contributed by atoms with van der Waals surface area (Å²) in [6.07, 6.45) is 22.4. The summed E-state index contributed by atoms with van der Waals surface area (Å²) < 4.78 is 20.4. The zero-order valence-corrected chi connectivity index (χ0v) is 35.4. The Hall–Kier alpha value is -3.14. The van der Waals surface area contributed by atoms with Gasteiger partial charge >= 0.3 is 0 Å². The van der Waals surface area contributed by atoms with Crippen LogP contribution in [0.15, 0.2) is 60.3 Å². The molecule has 3 aliphatic rings. The highest BCUT2D eigenvalue weighted by atomic mass is 16.7. The Morgan fingerprint density at radius 2 is 1.61 bits per heavy atom. The average Bonchev–Trinajstić information content (AvgIpc) is 3.18. The quantitative estimate of drug-likeness (QED) is 0.0547. The van der Waals surface area contributed by atoms with Gasteiger partial charge in [0.15, 0.2) is 0 Å². The van der Waals surface area contributed by atoms with Crippen molar-refractivity contribution in [2.45, 2.75) is 160 Å². The minimum Gasteiger partial charge on any atom is -0.490 e. The minimum atomic E-state index is -1.24. The van der Waals surface area contributed by atoms with Crippen molar-refractivity contribution in [2.24, 2.45) is 22.9 Å². The number of ether oxygens (including phenoxy) is 3. The van der Waals surface area contributed by atoms with Gasteiger partial charge in [0.2, 0.25) is 11.7 Å². The average molecular weight is 779 g/mol. The van der Waals surface area contributed by atoms with Gasteiger partial charge in [0, 0.05) is 44.6 Å². The third-order valence-electron chi connectivity index (χ3n) is 11.8. The molecule has 9 heteroatoms. The summed E-state index contributed by atoms with van der Waals surface area (Å²) in [5.74, 6) is 0.192. The Labute approximate surface area is 338 Å². The third kappa shape index (κ3) is 12.0. The lowest BCUT2D eigenvalue weighted by Crippen LogP contribution is -2.69. The molecule has 1 saturated carbocycles. The SMILES string of the molecule is C=CCOc1ccc2c(c1)[C@H]1[C@H](CCCCO)[C@@H](CCCCO)C=C3C(=NOC(C)(C)C)C[C@H](N(C)C(=O)CCCCCCCCCCC)[C@@](OCC=C)(O2)[C@H]31. The van der Waals surface area contributed by atoms with E-state index in [9.17, 15) is 15.0 Å². The van der Waals surface area contributed by atoms with Crippen molar-refractivity contribution in [3.8, 4) is 11.5 Å². The van der Waals surface area contributed by atoms with Crippen LogP contribution in [0.1, 0.15) is 148 Å². The molecule has 314 valence electrons. The number of allylic oxidation sites excluding steroid dienone is 1. The van der Waals surface area contributed by atoms with Crippen LogP contribution in [-0.2, 0) is 14.4 Å². The second kappa shape index (κ2) is 22.7. The number of oxime groups is 1. The first-order valence-electron chi connectivity index (χ1n) is 21.8. The number of aliphatic hydroxyl groups excluding tert-OH is 2. The van der Waals surface area contributed by atoms with Crippen LogP contribution >= 0.6 is 0 Å². The van der Waals surface area contributed by atoms with Crippen LogP contribution in [0.4, 0.5) is 0 Å². The van der Waals surface area contributed by atoms with Gasteiger partial charge in [0.05, 0.1) is 18.2 Å². The molecule has 0 saturated heterocycles. The first kappa shape index (κ1) is 45.6. The van der Waals surface area contributed by atoms with Gasteiger partial charge in [-0.3, -0.25) is 4.79 Å². The molecule has 0 radical (unpaired) electrons. The molecule has 1 aromatic rings. The van der Waals surface area contributed by atoms with E-state index in [-0.39, 0.29) is 49.4 Å². The van der Waals surface area contributed by atoms with Gasteiger partial charge in [0.25, 0.3) is 0 Å².